The van der Waals surface area contributed by atoms with Gasteiger partial charge in [0.2, 0.25) is 5.91 Å². The molecular formula is C14H26N2O2. The van der Waals surface area contributed by atoms with Crippen molar-refractivity contribution in [3.8, 4) is 0 Å². The molecule has 0 aromatic carbocycles. The lowest BCUT2D eigenvalue weighted by Gasteiger charge is -2.40. The maximum Gasteiger partial charge on any atom is 0.225 e. The summed E-state index contributed by atoms with van der Waals surface area (Å²) in [7, 11) is 0. The van der Waals surface area contributed by atoms with Gasteiger partial charge < -0.3 is 15.4 Å². The van der Waals surface area contributed by atoms with Gasteiger partial charge in [-0.05, 0) is 38.0 Å². The molecular weight excluding hydrogens is 228 g/mol. The zero-order chi connectivity index (χ0) is 13.0. The van der Waals surface area contributed by atoms with Gasteiger partial charge in [-0.3, -0.25) is 4.79 Å². The molecule has 2 heterocycles. The molecule has 18 heavy (non-hydrogen) atoms. The molecule has 104 valence electrons. The topological polar surface area (TPSA) is 55.6 Å². The largest absolute Gasteiger partial charge is 0.378 e. The Hall–Kier alpha value is -0.610. The quantitative estimate of drug-likeness (QED) is 0.831. The van der Waals surface area contributed by atoms with E-state index in [2.05, 4.69) is 6.92 Å². The van der Waals surface area contributed by atoms with Gasteiger partial charge in [-0.1, -0.05) is 6.92 Å². The van der Waals surface area contributed by atoms with Gasteiger partial charge in [0.15, 0.2) is 0 Å². The van der Waals surface area contributed by atoms with E-state index in [0.29, 0.717) is 18.9 Å². The number of hydrogen-bond acceptors (Lipinski definition) is 3. The second-order valence-corrected chi connectivity index (χ2v) is 5.70. The van der Waals surface area contributed by atoms with Gasteiger partial charge in [0.1, 0.15) is 0 Å². The number of likely N-dealkylation sites (tertiary alicyclic amines) is 1. The lowest BCUT2D eigenvalue weighted by molar-refractivity contribution is -0.140. The van der Waals surface area contributed by atoms with Crippen LogP contribution in [-0.4, -0.2) is 42.6 Å². The molecule has 0 unspecified atom stereocenters. The van der Waals surface area contributed by atoms with Crippen molar-refractivity contribution in [3.05, 3.63) is 0 Å². The maximum atomic E-state index is 12.4. The van der Waals surface area contributed by atoms with E-state index in [9.17, 15) is 4.79 Å². The lowest BCUT2D eigenvalue weighted by Crippen LogP contribution is -2.52. The Labute approximate surface area is 110 Å². The zero-order valence-electron chi connectivity index (χ0n) is 11.4. The van der Waals surface area contributed by atoms with Crippen molar-refractivity contribution in [2.45, 2.75) is 57.6 Å². The first-order valence-corrected chi connectivity index (χ1v) is 7.33. The molecule has 1 amide bonds. The summed E-state index contributed by atoms with van der Waals surface area (Å²) < 4.78 is 5.66. The van der Waals surface area contributed by atoms with Gasteiger partial charge in [0.05, 0.1) is 12.5 Å². The van der Waals surface area contributed by atoms with E-state index < -0.39 is 0 Å². The highest BCUT2D eigenvalue weighted by atomic mass is 16.5. The molecule has 2 aliphatic heterocycles. The third kappa shape index (κ3) is 3.23. The third-order valence-electron chi connectivity index (χ3n) is 4.35. The molecule has 2 aliphatic rings. The summed E-state index contributed by atoms with van der Waals surface area (Å²) in [5.41, 5.74) is 5.83. The van der Waals surface area contributed by atoms with Gasteiger partial charge >= 0.3 is 0 Å². The van der Waals surface area contributed by atoms with E-state index >= 15 is 0 Å². The lowest BCUT2D eigenvalue weighted by atomic mass is 9.90. The molecule has 0 aliphatic carbocycles. The predicted molar refractivity (Wildman–Crippen MR) is 71.2 cm³/mol. The van der Waals surface area contributed by atoms with E-state index in [0.717, 1.165) is 32.4 Å². The minimum Gasteiger partial charge on any atom is -0.378 e. The van der Waals surface area contributed by atoms with Crippen LogP contribution in [0.25, 0.3) is 0 Å². The first-order valence-electron chi connectivity index (χ1n) is 7.33. The standard InChI is InChI=1S/C14H26N2O2/c1-11-5-4-7-16(13(11)10-15)14(17)9-12-6-2-3-8-18-12/h11-13H,2-10,15H2,1H3/t11-,12-,13-/m1/s1. The first-order chi connectivity index (χ1) is 8.72. The number of hydrogen-bond donors (Lipinski definition) is 1. The Bertz CT molecular complexity index is 277. The van der Waals surface area contributed by atoms with E-state index in [1.807, 2.05) is 4.90 Å². The Morgan fingerprint density at radius 3 is 2.83 bits per heavy atom. The second kappa shape index (κ2) is 6.53. The molecule has 2 saturated heterocycles. The van der Waals surface area contributed by atoms with Crippen LogP contribution in [0, 0.1) is 5.92 Å². The zero-order valence-corrected chi connectivity index (χ0v) is 11.4. The predicted octanol–water partition coefficient (Wildman–Crippen LogP) is 1.53. The van der Waals surface area contributed by atoms with Crippen molar-refractivity contribution in [1.82, 2.24) is 4.90 Å². The second-order valence-electron chi connectivity index (χ2n) is 5.70. The molecule has 2 rings (SSSR count). The molecule has 4 nitrogen and oxygen atoms in total. The molecule has 2 fully saturated rings. The summed E-state index contributed by atoms with van der Waals surface area (Å²) in [4.78, 5) is 14.4. The Kier molecular flexibility index (Phi) is 5.01. The minimum absolute atomic E-state index is 0.141. The van der Waals surface area contributed by atoms with Crippen molar-refractivity contribution >= 4 is 5.91 Å². The number of rotatable bonds is 3. The smallest absolute Gasteiger partial charge is 0.225 e. The van der Waals surface area contributed by atoms with Crippen molar-refractivity contribution in [2.75, 3.05) is 19.7 Å². The van der Waals surface area contributed by atoms with Crippen molar-refractivity contribution in [1.29, 1.82) is 0 Å². The molecule has 0 radical (unpaired) electrons. The SMILES string of the molecule is C[C@@H]1CCCN(C(=O)C[C@H]2CCCCO2)[C@@H]1CN. The Morgan fingerprint density at radius 1 is 1.33 bits per heavy atom. The summed E-state index contributed by atoms with van der Waals surface area (Å²) in [6.45, 7) is 4.47. The Balaban J connectivity index is 1.89. The maximum absolute atomic E-state index is 12.4. The highest BCUT2D eigenvalue weighted by molar-refractivity contribution is 5.77. The van der Waals surface area contributed by atoms with Crippen LogP contribution in [0.15, 0.2) is 0 Å². The van der Waals surface area contributed by atoms with Gasteiger partial charge in [-0.25, -0.2) is 0 Å². The highest BCUT2D eigenvalue weighted by Gasteiger charge is 2.32. The average molecular weight is 254 g/mol. The van der Waals surface area contributed by atoms with Gasteiger partial charge in [-0.2, -0.15) is 0 Å². The molecule has 4 heteroatoms. The van der Waals surface area contributed by atoms with Gasteiger partial charge in [0, 0.05) is 25.7 Å². The van der Waals surface area contributed by atoms with Crippen molar-refractivity contribution in [3.63, 3.8) is 0 Å². The summed E-state index contributed by atoms with van der Waals surface area (Å²) in [5.74, 6) is 0.767. The van der Waals surface area contributed by atoms with Crippen molar-refractivity contribution in [2.24, 2.45) is 11.7 Å². The van der Waals surface area contributed by atoms with Crippen molar-refractivity contribution < 1.29 is 9.53 Å². The number of carbonyl (C=O) groups excluding carboxylic acids is 1. The molecule has 0 aromatic rings. The summed E-state index contributed by atoms with van der Waals surface area (Å²) in [6.07, 6.45) is 6.33. The van der Waals surface area contributed by atoms with Gasteiger partial charge in [-0.15, -0.1) is 0 Å². The Morgan fingerprint density at radius 2 is 2.17 bits per heavy atom. The third-order valence-corrected chi connectivity index (χ3v) is 4.35. The number of nitrogens with two attached hydrogens (primary N) is 1. The fraction of sp³-hybridized carbons (Fsp3) is 0.929. The van der Waals surface area contributed by atoms with Crippen LogP contribution in [0.3, 0.4) is 0 Å². The van der Waals surface area contributed by atoms with Crippen LogP contribution in [0.1, 0.15) is 45.4 Å². The molecule has 2 N–H and O–H groups in total. The van der Waals surface area contributed by atoms with Crippen LogP contribution < -0.4 is 5.73 Å². The molecule has 0 aromatic heterocycles. The first kappa shape index (κ1) is 13.8. The fourth-order valence-electron chi connectivity index (χ4n) is 3.20. The molecule has 0 spiro atoms. The number of ether oxygens (including phenoxy) is 1. The highest BCUT2D eigenvalue weighted by Crippen LogP contribution is 2.25. The van der Waals surface area contributed by atoms with Crippen LogP contribution in [-0.2, 0) is 9.53 Å². The molecule has 0 saturated carbocycles. The minimum atomic E-state index is 0.141. The molecule has 3 atom stereocenters. The fourth-order valence-corrected chi connectivity index (χ4v) is 3.20. The molecule has 0 bridgehead atoms. The monoisotopic (exact) mass is 254 g/mol. The van der Waals surface area contributed by atoms with Crippen LogP contribution >= 0.6 is 0 Å². The van der Waals surface area contributed by atoms with Crippen LogP contribution in [0.5, 0.6) is 0 Å². The van der Waals surface area contributed by atoms with E-state index in [-0.39, 0.29) is 18.1 Å². The van der Waals surface area contributed by atoms with Crippen LogP contribution in [0.4, 0.5) is 0 Å². The average Bonchev–Trinajstić information content (AvgIpc) is 2.39. The van der Waals surface area contributed by atoms with E-state index in [1.165, 1.54) is 12.8 Å². The van der Waals surface area contributed by atoms with Crippen LogP contribution in [0.2, 0.25) is 0 Å². The number of nitrogens with zero attached hydrogens (tertiary/aromatic N) is 1. The van der Waals surface area contributed by atoms with Gasteiger partial charge in [0.25, 0.3) is 0 Å². The van der Waals surface area contributed by atoms with E-state index in [4.69, 9.17) is 10.5 Å². The number of piperidine rings is 1. The normalized spacial score (nSPS) is 33.4. The number of carbonyl (C=O) groups is 1. The van der Waals surface area contributed by atoms with E-state index in [1.54, 1.807) is 0 Å². The summed E-state index contributed by atoms with van der Waals surface area (Å²) >= 11 is 0. The summed E-state index contributed by atoms with van der Waals surface area (Å²) in [6, 6.07) is 0.231. The number of amides is 1. The summed E-state index contributed by atoms with van der Waals surface area (Å²) in [5, 5.41) is 0.